The van der Waals surface area contributed by atoms with Gasteiger partial charge in [-0.3, -0.25) is 9.59 Å². The van der Waals surface area contributed by atoms with Crippen molar-refractivity contribution in [1.29, 1.82) is 0 Å². The minimum absolute atomic E-state index is 0.0234. The van der Waals surface area contributed by atoms with Gasteiger partial charge in [0.25, 0.3) is 0 Å². The van der Waals surface area contributed by atoms with Gasteiger partial charge in [-0.15, -0.1) is 0 Å². The van der Waals surface area contributed by atoms with E-state index in [-0.39, 0.29) is 34.7 Å². The second-order valence-electron chi connectivity index (χ2n) is 6.46. The number of carbonyl (C=O) groups is 2. The molecule has 0 amide bonds. The molecule has 0 aromatic rings. The summed E-state index contributed by atoms with van der Waals surface area (Å²) in [6.07, 6.45) is 3.79. The van der Waals surface area contributed by atoms with Crippen molar-refractivity contribution >= 4 is 11.6 Å². The number of rotatable bonds is 0. The lowest BCUT2D eigenvalue weighted by atomic mass is 9.51. The molecule has 2 saturated carbocycles. The van der Waals surface area contributed by atoms with Crippen molar-refractivity contribution in [2.24, 2.45) is 23.2 Å². The van der Waals surface area contributed by atoms with Crippen LogP contribution in [0.25, 0.3) is 0 Å². The molecule has 94 valence electrons. The molecule has 3 atom stereocenters. The van der Waals surface area contributed by atoms with Crippen molar-refractivity contribution in [2.45, 2.75) is 46.5 Å². The highest BCUT2D eigenvalue weighted by atomic mass is 16.2. The molecule has 0 radical (unpaired) electrons. The first-order chi connectivity index (χ1) is 7.84. The minimum atomic E-state index is -0.150. The lowest BCUT2D eigenvalue weighted by molar-refractivity contribution is -0.149. The molecule has 0 heterocycles. The number of hydrogen-bond donors (Lipinski definition) is 0. The molecule has 1 unspecified atom stereocenters. The molecule has 0 saturated heterocycles. The molecule has 0 aromatic carbocycles. The summed E-state index contributed by atoms with van der Waals surface area (Å²) >= 11 is 0. The van der Waals surface area contributed by atoms with Crippen LogP contribution >= 0.6 is 0 Å². The van der Waals surface area contributed by atoms with Gasteiger partial charge in [-0.25, -0.2) is 0 Å². The topological polar surface area (TPSA) is 34.1 Å². The summed E-state index contributed by atoms with van der Waals surface area (Å²) in [4.78, 5) is 24.3. The fourth-order valence-electron chi connectivity index (χ4n) is 3.46. The quantitative estimate of drug-likeness (QED) is 0.476. The number of allylic oxidation sites excluding steroid dienone is 1. The molecular formula is C15H22O2. The van der Waals surface area contributed by atoms with Gasteiger partial charge in [-0.2, -0.15) is 0 Å². The van der Waals surface area contributed by atoms with Crippen LogP contribution in [-0.2, 0) is 9.59 Å². The third-order valence-corrected chi connectivity index (χ3v) is 4.62. The van der Waals surface area contributed by atoms with Crippen molar-refractivity contribution in [3.63, 3.8) is 0 Å². The van der Waals surface area contributed by atoms with Crippen LogP contribution in [0, 0.1) is 23.2 Å². The fraction of sp³-hybridized carbons (Fsp3) is 0.733. The summed E-state index contributed by atoms with van der Waals surface area (Å²) in [5.74, 6) is -0.246. The highest BCUT2D eigenvalue weighted by Crippen LogP contribution is 2.55. The van der Waals surface area contributed by atoms with Gasteiger partial charge in [0.15, 0.2) is 0 Å². The molecule has 0 aromatic heterocycles. The SMILES string of the molecule is C=C1CCCC(C)C(=O)C(=O)[C@@H]2[C@@H]1CC2(C)C. The van der Waals surface area contributed by atoms with E-state index < -0.39 is 0 Å². The van der Waals surface area contributed by atoms with Gasteiger partial charge in [0.2, 0.25) is 11.6 Å². The van der Waals surface area contributed by atoms with Crippen LogP contribution < -0.4 is 0 Å². The first-order valence-electron chi connectivity index (χ1n) is 6.60. The zero-order valence-corrected chi connectivity index (χ0v) is 11.1. The largest absolute Gasteiger partial charge is 0.291 e. The van der Waals surface area contributed by atoms with E-state index in [4.69, 9.17) is 0 Å². The number of hydrogen-bond acceptors (Lipinski definition) is 2. The average molecular weight is 234 g/mol. The van der Waals surface area contributed by atoms with Gasteiger partial charge in [0.1, 0.15) is 0 Å². The molecule has 0 N–H and O–H groups in total. The van der Waals surface area contributed by atoms with Crippen LogP contribution in [-0.4, -0.2) is 11.6 Å². The van der Waals surface area contributed by atoms with E-state index in [1.165, 1.54) is 5.57 Å². The average Bonchev–Trinajstić information content (AvgIpc) is 2.26. The van der Waals surface area contributed by atoms with Crippen molar-refractivity contribution in [2.75, 3.05) is 0 Å². The van der Waals surface area contributed by atoms with E-state index in [0.717, 1.165) is 25.7 Å². The molecule has 0 aliphatic heterocycles. The Morgan fingerprint density at radius 3 is 2.47 bits per heavy atom. The second-order valence-corrected chi connectivity index (χ2v) is 6.46. The van der Waals surface area contributed by atoms with E-state index in [0.29, 0.717) is 0 Å². The van der Waals surface area contributed by atoms with E-state index >= 15 is 0 Å². The standard InChI is InChI=1S/C15H22O2/c1-9-6-5-7-10(2)13(16)14(17)12-11(9)8-15(12,3)4/h10-12H,1,5-8H2,2-4H3/t10?,11-,12+/m1/s1. The second kappa shape index (κ2) is 4.08. The summed E-state index contributed by atoms with van der Waals surface area (Å²) in [7, 11) is 0. The molecule has 0 bridgehead atoms. The Kier molecular flexibility index (Phi) is 3.01. The van der Waals surface area contributed by atoms with Crippen molar-refractivity contribution in [1.82, 2.24) is 0 Å². The molecule has 2 rings (SSSR count). The number of carbonyl (C=O) groups excluding carboxylic acids is 2. The van der Waals surface area contributed by atoms with Gasteiger partial charge >= 0.3 is 0 Å². The molecule has 2 nitrogen and oxygen atoms in total. The first kappa shape index (κ1) is 12.5. The van der Waals surface area contributed by atoms with Crippen molar-refractivity contribution in [3.05, 3.63) is 12.2 Å². The van der Waals surface area contributed by atoms with Crippen LogP contribution in [0.1, 0.15) is 46.5 Å². The maximum absolute atomic E-state index is 12.3. The van der Waals surface area contributed by atoms with Crippen LogP contribution in [0.5, 0.6) is 0 Å². The molecule has 2 aliphatic carbocycles. The number of ketones is 2. The van der Waals surface area contributed by atoms with Crippen LogP contribution in [0.2, 0.25) is 0 Å². The first-order valence-corrected chi connectivity index (χ1v) is 6.60. The Labute approximate surface area is 103 Å². The van der Waals surface area contributed by atoms with Gasteiger partial charge in [-0.1, -0.05) is 32.9 Å². The normalized spacial score (nSPS) is 37.6. The molecule has 17 heavy (non-hydrogen) atoms. The lowest BCUT2D eigenvalue weighted by Gasteiger charge is -2.51. The summed E-state index contributed by atoms with van der Waals surface area (Å²) in [6.45, 7) is 10.2. The molecule has 2 heteroatoms. The number of Topliss-reactive ketones (excluding diaryl/α,β-unsaturated/α-hetero) is 2. The highest BCUT2D eigenvalue weighted by Gasteiger charge is 2.53. The Hall–Kier alpha value is -0.920. The van der Waals surface area contributed by atoms with Gasteiger partial charge in [0.05, 0.1) is 0 Å². The highest BCUT2D eigenvalue weighted by molar-refractivity contribution is 6.39. The minimum Gasteiger partial charge on any atom is -0.291 e. The molecule has 0 spiro atoms. The van der Waals surface area contributed by atoms with Crippen LogP contribution in [0.15, 0.2) is 12.2 Å². The Balaban J connectivity index is 2.30. The van der Waals surface area contributed by atoms with Crippen LogP contribution in [0.4, 0.5) is 0 Å². The third-order valence-electron chi connectivity index (χ3n) is 4.62. The van der Waals surface area contributed by atoms with Gasteiger partial charge < -0.3 is 0 Å². The third kappa shape index (κ3) is 1.98. The van der Waals surface area contributed by atoms with E-state index in [1.807, 2.05) is 6.92 Å². The monoisotopic (exact) mass is 234 g/mol. The summed E-state index contributed by atoms with van der Waals surface area (Å²) in [6, 6.07) is 0. The summed E-state index contributed by atoms with van der Waals surface area (Å²) in [5, 5.41) is 0. The Morgan fingerprint density at radius 1 is 1.24 bits per heavy atom. The van der Waals surface area contributed by atoms with Crippen LogP contribution in [0.3, 0.4) is 0 Å². The summed E-state index contributed by atoms with van der Waals surface area (Å²) in [5.41, 5.74) is 1.16. The smallest absolute Gasteiger partial charge is 0.202 e. The van der Waals surface area contributed by atoms with E-state index in [2.05, 4.69) is 20.4 Å². The molecule has 2 fully saturated rings. The van der Waals surface area contributed by atoms with Crippen molar-refractivity contribution in [3.8, 4) is 0 Å². The Morgan fingerprint density at radius 2 is 1.88 bits per heavy atom. The fourth-order valence-corrected chi connectivity index (χ4v) is 3.46. The zero-order valence-electron chi connectivity index (χ0n) is 11.1. The van der Waals surface area contributed by atoms with Crippen molar-refractivity contribution < 1.29 is 9.59 Å². The van der Waals surface area contributed by atoms with Gasteiger partial charge in [0, 0.05) is 11.8 Å². The predicted molar refractivity (Wildman–Crippen MR) is 67.5 cm³/mol. The molecule has 2 aliphatic rings. The zero-order chi connectivity index (χ0) is 12.8. The predicted octanol–water partition coefficient (Wildman–Crippen LogP) is 3.16. The maximum atomic E-state index is 12.3. The lowest BCUT2D eigenvalue weighted by Crippen LogP contribution is -2.51. The van der Waals surface area contributed by atoms with E-state index in [1.54, 1.807) is 0 Å². The van der Waals surface area contributed by atoms with E-state index in [9.17, 15) is 9.59 Å². The summed E-state index contributed by atoms with van der Waals surface area (Å²) < 4.78 is 0. The number of fused-ring (bicyclic) bond motifs is 1. The van der Waals surface area contributed by atoms with Gasteiger partial charge in [-0.05, 0) is 37.0 Å². The maximum Gasteiger partial charge on any atom is 0.202 e. The molecular weight excluding hydrogens is 212 g/mol. The Bertz CT molecular complexity index is 378.